The van der Waals surface area contributed by atoms with Crippen LogP contribution in [0, 0.1) is 0 Å². The van der Waals surface area contributed by atoms with E-state index < -0.39 is 23.9 Å². The molecule has 0 heterocycles. The molecule has 14 heavy (non-hydrogen) atoms. The largest absolute Gasteiger partial charge is 0.393 e. The van der Waals surface area contributed by atoms with E-state index in [1.807, 2.05) is 0 Å². The summed E-state index contributed by atoms with van der Waals surface area (Å²) in [4.78, 5) is 0. The smallest absolute Gasteiger partial charge is 0.0668 e. The van der Waals surface area contributed by atoms with Gasteiger partial charge in [0, 0.05) is 12.8 Å². The van der Waals surface area contributed by atoms with Crippen LogP contribution in [0.15, 0.2) is 0 Å². The summed E-state index contributed by atoms with van der Waals surface area (Å²) in [5, 5.41) is 37.3. The Labute approximate surface area is 85.2 Å². The second-order valence-corrected chi connectivity index (χ2v) is 4.49. The molecule has 0 rings (SSSR count). The maximum atomic E-state index is 9.77. The minimum atomic E-state index is -1.08. The summed E-state index contributed by atoms with van der Waals surface area (Å²) in [7, 11) is 0. The molecule has 4 atom stereocenters. The standard InChI is InChI=1S/C10H22O4/c1-7(11)4-9(13)6-10(3,14)5-8(2)12/h7-9,11-14H,4-6H2,1-3H3. The third-order valence-corrected chi connectivity index (χ3v) is 2.02. The molecule has 0 spiro atoms. The van der Waals surface area contributed by atoms with Gasteiger partial charge in [-0.1, -0.05) is 0 Å². The van der Waals surface area contributed by atoms with E-state index in [1.165, 1.54) is 0 Å². The van der Waals surface area contributed by atoms with E-state index in [-0.39, 0.29) is 19.3 Å². The molecule has 0 aromatic rings. The first-order valence-corrected chi connectivity index (χ1v) is 4.99. The number of hydrogen-bond acceptors (Lipinski definition) is 4. The van der Waals surface area contributed by atoms with Gasteiger partial charge in [-0.25, -0.2) is 0 Å². The summed E-state index contributed by atoms with van der Waals surface area (Å²) >= 11 is 0. The molecule has 0 aliphatic carbocycles. The second-order valence-electron chi connectivity index (χ2n) is 4.49. The van der Waals surface area contributed by atoms with Crippen molar-refractivity contribution in [2.75, 3.05) is 0 Å². The summed E-state index contributed by atoms with van der Waals surface area (Å²) in [5.41, 5.74) is -1.08. The fourth-order valence-electron chi connectivity index (χ4n) is 1.70. The number of hydrogen-bond donors (Lipinski definition) is 4. The van der Waals surface area contributed by atoms with Crippen molar-refractivity contribution in [1.29, 1.82) is 0 Å². The van der Waals surface area contributed by atoms with Crippen LogP contribution in [0.2, 0.25) is 0 Å². The van der Waals surface area contributed by atoms with Crippen molar-refractivity contribution in [3.63, 3.8) is 0 Å². The van der Waals surface area contributed by atoms with Crippen LogP contribution < -0.4 is 0 Å². The van der Waals surface area contributed by atoms with Gasteiger partial charge in [0.2, 0.25) is 0 Å². The van der Waals surface area contributed by atoms with Gasteiger partial charge >= 0.3 is 0 Å². The lowest BCUT2D eigenvalue weighted by Crippen LogP contribution is -2.34. The first-order chi connectivity index (χ1) is 6.23. The molecule has 0 saturated heterocycles. The summed E-state index contributed by atoms with van der Waals surface area (Å²) in [6, 6.07) is 0. The van der Waals surface area contributed by atoms with Crippen LogP contribution in [0.3, 0.4) is 0 Å². The molecule has 4 heteroatoms. The molecule has 0 radical (unpaired) electrons. The van der Waals surface area contributed by atoms with Gasteiger partial charge in [0.25, 0.3) is 0 Å². The van der Waals surface area contributed by atoms with Crippen LogP contribution in [-0.2, 0) is 0 Å². The number of rotatable bonds is 6. The zero-order chi connectivity index (χ0) is 11.4. The van der Waals surface area contributed by atoms with Crippen molar-refractivity contribution in [3.8, 4) is 0 Å². The van der Waals surface area contributed by atoms with Crippen molar-refractivity contribution in [3.05, 3.63) is 0 Å². The van der Waals surface area contributed by atoms with Crippen molar-refractivity contribution < 1.29 is 20.4 Å². The highest BCUT2D eigenvalue weighted by atomic mass is 16.3. The Morgan fingerprint density at radius 2 is 1.50 bits per heavy atom. The topological polar surface area (TPSA) is 80.9 Å². The first-order valence-electron chi connectivity index (χ1n) is 4.99. The van der Waals surface area contributed by atoms with E-state index in [1.54, 1.807) is 20.8 Å². The molecular formula is C10H22O4. The Morgan fingerprint density at radius 1 is 1.00 bits per heavy atom. The van der Waals surface area contributed by atoms with Gasteiger partial charge in [-0.3, -0.25) is 0 Å². The third-order valence-electron chi connectivity index (χ3n) is 2.02. The second kappa shape index (κ2) is 5.66. The van der Waals surface area contributed by atoms with E-state index in [0.29, 0.717) is 0 Å². The fourth-order valence-corrected chi connectivity index (χ4v) is 1.70. The minimum Gasteiger partial charge on any atom is -0.393 e. The predicted octanol–water partition coefficient (Wildman–Crippen LogP) is 0.0302. The molecule has 0 saturated carbocycles. The SMILES string of the molecule is CC(O)CC(O)CC(C)(O)CC(C)O. The van der Waals surface area contributed by atoms with Crippen LogP contribution in [0.1, 0.15) is 40.0 Å². The molecule has 0 aromatic heterocycles. The number of aliphatic hydroxyl groups excluding tert-OH is 3. The lowest BCUT2D eigenvalue weighted by molar-refractivity contribution is -0.0368. The average molecular weight is 206 g/mol. The predicted molar refractivity (Wildman–Crippen MR) is 53.8 cm³/mol. The van der Waals surface area contributed by atoms with Gasteiger partial charge in [-0.2, -0.15) is 0 Å². The molecule has 4 N–H and O–H groups in total. The van der Waals surface area contributed by atoms with Gasteiger partial charge < -0.3 is 20.4 Å². The monoisotopic (exact) mass is 206 g/mol. The van der Waals surface area contributed by atoms with Crippen molar-refractivity contribution >= 4 is 0 Å². The molecular weight excluding hydrogens is 184 g/mol. The van der Waals surface area contributed by atoms with Gasteiger partial charge in [-0.05, 0) is 27.2 Å². The van der Waals surface area contributed by atoms with Gasteiger partial charge in [0.15, 0.2) is 0 Å². The maximum absolute atomic E-state index is 9.77. The van der Waals surface area contributed by atoms with Crippen molar-refractivity contribution in [1.82, 2.24) is 0 Å². The molecule has 0 aliphatic rings. The Hall–Kier alpha value is -0.160. The van der Waals surface area contributed by atoms with Crippen LogP contribution in [0.25, 0.3) is 0 Å². The van der Waals surface area contributed by atoms with E-state index in [4.69, 9.17) is 10.2 Å². The van der Waals surface area contributed by atoms with E-state index in [9.17, 15) is 10.2 Å². The highest BCUT2D eigenvalue weighted by Crippen LogP contribution is 2.20. The Kier molecular flexibility index (Phi) is 5.59. The molecule has 0 fully saturated rings. The van der Waals surface area contributed by atoms with Crippen molar-refractivity contribution in [2.45, 2.75) is 63.9 Å². The molecule has 0 amide bonds. The third kappa shape index (κ3) is 7.26. The molecule has 0 aromatic carbocycles. The van der Waals surface area contributed by atoms with Crippen LogP contribution >= 0.6 is 0 Å². The lowest BCUT2D eigenvalue weighted by atomic mass is 9.90. The summed E-state index contributed by atoms with van der Waals surface area (Å²) in [6.07, 6.45) is -1.26. The average Bonchev–Trinajstić information content (AvgIpc) is 1.77. The van der Waals surface area contributed by atoms with Crippen LogP contribution in [0.4, 0.5) is 0 Å². The molecule has 86 valence electrons. The normalized spacial score (nSPS) is 22.5. The van der Waals surface area contributed by atoms with Gasteiger partial charge in [-0.15, -0.1) is 0 Å². The summed E-state index contributed by atoms with van der Waals surface area (Å²) < 4.78 is 0. The Balaban J connectivity index is 3.94. The van der Waals surface area contributed by atoms with E-state index >= 15 is 0 Å². The van der Waals surface area contributed by atoms with Gasteiger partial charge in [0.05, 0.1) is 23.9 Å². The Bertz CT molecular complexity index is 154. The van der Waals surface area contributed by atoms with Crippen LogP contribution in [0.5, 0.6) is 0 Å². The molecule has 0 bridgehead atoms. The van der Waals surface area contributed by atoms with E-state index in [0.717, 1.165) is 0 Å². The minimum absolute atomic E-state index is 0.169. The summed E-state index contributed by atoms with van der Waals surface area (Å²) in [5.74, 6) is 0. The maximum Gasteiger partial charge on any atom is 0.0668 e. The van der Waals surface area contributed by atoms with Crippen LogP contribution in [-0.4, -0.2) is 44.3 Å². The zero-order valence-corrected chi connectivity index (χ0v) is 9.14. The molecule has 0 aliphatic heterocycles. The van der Waals surface area contributed by atoms with E-state index in [2.05, 4.69) is 0 Å². The molecule has 4 nitrogen and oxygen atoms in total. The summed E-state index contributed by atoms with van der Waals surface area (Å²) in [6.45, 7) is 4.76. The van der Waals surface area contributed by atoms with Gasteiger partial charge in [0.1, 0.15) is 0 Å². The lowest BCUT2D eigenvalue weighted by Gasteiger charge is -2.27. The zero-order valence-electron chi connectivity index (χ0n) is 9.14. The highest BCUT2D eigenvalue weighted by molar-refractivity contribution is 4.79. The fraction of sp³-hybridized carbons (Fsp3) is 1.00. The Morgan fingerprint density at radius 3 is 1.86 bits per heavy atom. The first kappa shape index (κ1) is 13.8. The highest BCUT2D eigenvalue weighted by Gasteiger charge is 2.26. The van der Waals surface area contributed by atoms with Crippen molar-refractivity contribution in [2.24, 2.45) is 0 Å². The number of aliphatic hydroxyl groups is 4. The molecule has 4 unspecified atom stereocenters. The quantitative estimate of drug-likeness (QED) is 0.494.